The van der Waals surface area contributed by atoms with Crippen molar-refractivity contribution in [2.75, 3.05) is 19.6 Å². The number of hydrogen-bond acceptors (Lipinski definition) is 5. The van der Waals surface area contributed by atoms with Gasteiger partial charge in [0.05, 0.1) is 0 Å². The first-order chi connectivity index (χ1) is 9.99. The van der Waals surface area contributed by atoms with Crippen molar-refractivity contribution >= 4 is 12.1 Å². The molecule has 0 aliphatic carbocycles. The van der Waals surface area contributed by atoms with Crippen molar-refractivity contribution in [1.29, 1.82) is 0 Å². The number of hydrogen-bond donors (Lipinski definition) is 2. The molecule has 0 saturated heterocycles. The van der Waals surface area contributed by atoms with E-state index in [-0.39, 0.29) is 5.97 Å². The monoisotopic (exact) mass is 316 g/mol. The minimum atomic E-state index is -0.468. The minimum absolute atomic E-state index is 0.166. The maximum Gasteiger partial charge on any atom is 0.407 e. The Balaban J connectivity index is 3.45. The van der Waals surface area contributed by atoms with Gasteiger partial charge in [-0.3, -0.25) is 4.79 Å². The summed E-state index contributed by atoms with van der Waals surface area (Å²) in [6, 6.07) is 0. The van der Waals surface area contributed by atoms with Gasteiger partial charge in [0.2, 0.25) is 0 Å². The van der Waals surface area contributed by atoms with Crippen molar-refractivity contribution in [2.24, 2.45) is 0 Å². The Morgan fingerprint density at radius 3 is 1.91 bits per heavy atom. The van der Waals surface area contributed by atoms with Crippen molar-refractivity contribution in [3.05, 3.63) is 0 Å². The van der Waals surface area contributed by atoms with Crippen LogP contribution >= 0.6 is 0 Å². The zero-order valence-corrected chi connectivity index (χ0v) is 14.9. The number of carbonyl (C=O) groups excluding carboxylic acids is 2. The predicted molar refractivity (Wildman–Crippen MR) is 86.8 cm³/mol. The summed E-state index contributed by atoms with van der Waals surface area (Å²) in [6.07, 6.45) is 1.58. The van der Waals surface area contributed by atoms with Crippen LogP contribution in [0.15, 0.2) is 0 Å². The van der Waals surface area contributed by atoms with E-state index in [1.165, 1.54) is 0 Å². The van der Waals surface area contributed by atoms with Gasteiger partial charge in [0.15, 0.2) is 0 Å². The van der Waals surface area contributed by atoms with Gasteiger partial charge in [0, 0.05) is 13.0 Å². The fraction of sp³-hybridized carbons (Fsp3) is 0.875. The maximum absolute atomic E-state index is 11.5. The van der Waals surface area contributed by atoms with E-state index in [9.17, 15) is 9.59 Å². The topological polar surface area (TPSA) is 76.7 Å². The Bertz CT molecular complexity index is 309. The average Bonchev–Trinajstić information content (AvgIpc) is 2.27. The van der Waals surface area contributed by atoms with Gasteiger partial charge in [0.1, 0.15) is 11.2 Å². The number of rotatable bonds is 8. The Morgan fingerprint density at radius 2 is 1.36 bits per heavy atom. The first-order valence-corrected chi connectivity index (χ1v) is 7.89. The molecule has 0 heterocycles. The lowest BCUT2D eigenvalue weighted by molar-refractivity contribution is -0.154. The molecule has 0 aliphatic rings. The standard InChI is InChI=1S/C16H32N2O4/c1-15(2,3)21-13(19)9-7-10-17-11-8-12-18-14(20)22-16(4,5)6/h17H,7-12H2,1-6H3,(H,18,20). The molecular formula is C16H32N2O4. The number of esters is 1. The quantitative estimate of drug-likeness (QED) is 0.532. The second-order valence-corrected chi connectivity index (χ2v) is 7.22. The highest BCUT2D eigenvalue weighted by Gasteiger charge is 2.16. The van der Waals surface area contributed by atoms with Gasteiger partial charge in [-0.25, -0.2) is 4.79 Å². The molecule has 0 rings (SSSR count). The maximum atomic E-state index is 11.5. The summed E-state index contributed by atoms with van der Waals surface area (Å²) in [5.41, 5.74) is -0.887. The van der Waals surface area contributed by atoms with Crippen molar-refractivity contribution < 1.29 is 19.1 Å². The van der Waals surface area contributed by atoms with Crippen LogP contribution in [0.4, 0.5) is 4.79 Å². The molecule has 0 saturated carbocycles. The molecule has 1 amide bonds. The number of amides is 1. The second kappa shape index (κ2) is 9.66. The minimum Gasteiger partial charge on any atom is -0.460 e. The lowest BCUT2D eigenvalue weighted by Gasteiger charge is -2.19. The van der Waals surface area contributed by atoms with Crippen LogP contribution in [-0.4, -0.2) is 42.9 Å². The van der Waals surface area contributed by atoms with Crippen LogP contribution in [0.25, 0.3) is 0 Å². The molecule has 0 aromatic rings. The van der Waals surface area contributed by atoms with E-state index in [4.69, 9.17) is 9.47 Å². The van der Waals surface area contributed by atoms with Crippen LogP contribution in [-0.2, 0) is 14.3 Å². The van der Waals surface area contributed by atoms with E-state index >= 15 is 0 Å². The Morgan fingerprint density at radius 1 is 0.818 bits per heavy atom. The van der Waals surface area contributed by atoms with Crippen LogP contribution in [0.2, 0.25) is 0 Å². The molecule has 0 aromatic carbocycles. The number of alkyl carbamates (subject to hydrolysis) is 1. The molecule has 0 radical (unpaired) electrons. The van der Waals surface area contributed by atoms with Crippen LogP contribution < -0.4 is 10.6 Å². The highest BCUT2D eigenvalue weighted by Crippen LogP contribution is 2.08. The molecular weight excluding hydrogens is 284 g/mol. The summed E-state index contributed by atoms with van der Waals surface area (Å²) in [7, 11) is 0. The summed E-state index contributed by atoms with van der Waals surface area (Å²) in [4.78, 5) is 22.8. The molecule has 130 valence electrons. The lowest BCUT2D eigenvalue weighted by atomic mass is 10.2. The largest absolute Gasteiger partial charge is 0.460 e. The van der Waals surface area contributed by atoms with Gasteiger partial charge < -0.3 is 20.1 Å². The van der Waals surface area contributed by atoms with E-state index < -0.39 is 17.3 Å². The summed E-state index contributed by atoms with van der Waals surface area (Å²) in [5, 5.41) is 5.92. The van der Waals surface area contributed by atoms with Gasteiger partial charge in [-0.15, -0.1) is 0 Å². The van der Waals surface area contributed by atoms with Crippen LogP contribution in [0, 0.1) is 0 Å². The number of ether oxygens (including phenoxy) is 2. The molecule has 6 nitrogen and oxygen atoms in total. The lowest BCUT2D eigenvalue weighted by Crippen LogP contribution is -2.34. The van der Waals surface area contributed by atoms with E-state index in [0.29, 0.717) is 13.0 Å². The summed E-state index contributed by atoms with van der Waals surface area (Å²) in [6.45, 7) is 13.2. The smallest absolute Gasteiger partial charge is 0.407 e. The van der Waals surface area contributed by atoms with Gasteiger partial charge in [0.25, 0.3) is 0 Å². The first-order valence-electron chi connectivity index (χ1n) is 7.89. The van der Waals surface area contributed by atoms with E-state index in [2.05, 4.69) is 10.6 Å². The first kappa shape index (κ1) is 20.7. The number of carbonyl (C=O) groups is 2. The fourth-order valence-corrected chi connectivity index (χ4v) is 1.59. The zero-order valence-electron chi connectivity index (χ0n) is 14.9. The summed E-state index contributed by atoms with van der Waals surface area (Å²) >= 11 is 0. The third-order valence-corrected chi connectivity index (χ3v) is 2.35. The second-order valence-electron chi connectivity index (χ2n) is 7.22. The normalized spacial score (nSPS) is 11.9. The molecule has 0 spiro atoms. The molecule has 0 aromatic heterocycles. The molecule has 22 heavy (non-hydrogen) atoms. The molecule has 0 unspecified atom stereocenters. The Labute approximate surface area is 134 Å². The van der Waals surface area contributed by atoms with Crippen molar-refractivity contribution in [1.82, 2.24) is 10.6 Å². The van der Waals surface area contributed by atoms with E-state index in [0.717, 1.165) is 25.9 Å². The number of nitrogens with one attached hydrogen (secondary N) is 2. The summed E-state index contributed by atoms with van der Waals surface area (Å²) in [5.74, 6) is -0.166. The Kier molecular flexibility index (Phi) is 9.09. The van der Waals surface area contributed by atoms with Crippen molar-refractivity contribution in [3.8, 4) is 0 Å². The third-order valence-electron chi connectivity index (χ3n) is 2.35. The van der Waals surface area contributed by atoms with Gasteiger partial charge in [-0.2, -0.15) is 0 Å². The van der Waals surface area contributed by atoms with Crippen molar-refractivity contribution in [3.63, 3.8) is 0 Å². The van der Waals surface area contributed by atoms with Gasteiger partial charge in [-0.1, -0.05) is 0 Å². The average molecular weight is 316 g/mol. The Hall–Kier alpha value is -1.30. The van der Waals surface area contributed by atoms with Crippen molar-refractivity contribution in [2.45, 2.75) is 72.0 Å². The highest BCUT2D eigenvalue weighted by molar-refractivity contribution is 5.69. The van der Waals surface area contributed by atoms with Gasteiger partial charge >= 0.3 is 12.1 Å². The third kappa shape index (κ3) is 15.1. The molecule has 2 N–H and O–H groups in total. The van der Waals surface area contributed by atoms with Gasteiger partial charge in [-0.05, 0) is 67.5 Å². The van der Waals surface area contributed by atoms with Crippen LogP contribution in [0.5, 0.6) is 0 Å². The predicted octanol–water partition coefficient (Wildman–Crippen LogP) is 2.61. The fourth-order valence-electron chi connectivity index (χ4n) is 1.59. The SMILES string of the molecule is CC(C)(C)OC(=O)CCCNCCCNC(=O)OC(C)(C)C. The molecule has 6 heteroatoms. The molecule has 0 fully saturated rings. The van der Waals surface area contributed by atoms with E-state index in [1.54, 1.807) is 0 Å². The van der Waals surface area contributed by atoms with Crippen LogP contribution in [0.3, 0.4) is 0 Å². The highest BCUT2D eigenvalue weighted by atomic mass is 16.6. The molecule has 0 bridgehead atoms. The van der Waals surface area contributed by atoms with Crippen LogP contribution in [0.1, 0.15) is 60.8 Å². The molecule has 0 atom stereocenters. The summed E-state index contributed by atoms with van der Waals surface area (Å²) < 4.78 is 10.3. The van der Waals surface area contributed by atoms with E-state index in [1.807, 2.05) is 41.5 Å². The molecule has 0 aliphatic heterocycles. The zero-order chi connectivity index (χ0) is 17.2.